The quantitative estimate of drug-likeness (QED) is 0.473. The predicted octanol–water partition coefficient (Wildman–Crippen LogP) is 2.61. The highest BCUT2D eigenvalue weighted by molar-refractivity contribution is 5.96. The number of nitrogens with zero attached hydrogens (tertiary/aromatic N) is 1. The van der Waals surface area contributed by atoms with Gasteiger partial charge in [-0.25, -0.2) is 4.79 Å². The number of hydrogen-bond acceptors (Lipinski definition) is 7. The molecule has 0 spiro atoms. The van der Waals surface area contributed by atoms with Crippen LogP contribution in [0.5, 0.6) is 0 Å². The van der Waals surface area contributed by atoms with Gasteiger partial charge >= 0.3 is 11.9 Å². The van der Waals surface area contributed by atoms with Crippen molar-refractivity contribution in [1.29, 1.82) is 0 Å². The van der Waals surface area contributed by atoms with Crippen molar-refractivity contribution in [3.63, 3.8) is 0 Å². The van der Waals surface area contributed by atoms with E-state index in [0.717, 1.165) is 18.6 Å². The number of carbonyl (C=O) groups is 2. The van der Waals surface area contributed by atoms with Crippen LogP contribution in [0, 0.1) is 22.7 Å². The van der Waals surface area contributed by atoms with E-state index in [0.29, 0.717) is 5.92 Å². The van der Waals surface area contributed by atoms with Crippen molar-refractivity contribution in [1.82, 2.24) is 0 Å². The number of rotatable bonds is 8. The maximum absolute atomic E-state index is 12.6. The molecule has 0 aromatic rings. The smallest absolute Gasteiger partial charge is 0.331 e. The number of hydrogen-bond donors (Lipinski definition) is 0. The Morgan fingerprint density at radius 2 is 1.74 bits per heavy atom. The van der Waals surface area contributed by atoms with Gasteiger partial charge in [-0.3, -0.25) is 9.79 Å². The van der Waals surface area contributed by atoms with E-state index in [1.807, 2.05) is 0 Å². The minimum Gasteiger partial charge on any atom is -0.469 e. The van der Waals surface area contributed by atoms with Gasteiger partial charge in [-0.2, -0.15) is 0 Å². The zero-order chi connectivity index (χ0) is 20.4. The molecule has 7 heteroatoms. The normalized spacial score (nSPS) is 29.8. The predicted molar refractivity (Wildman–Crippen MR) is 100 cm³/mol. The molecule has 0 saturated heterocycles. The fraction of sp³-hybridized carbons (Fsp3) is 0.850. The van der Waals surface area contributed by atoms with Gasteiger partial charge in [-0.05, 0) is 30.6 Å². The molecular weight excluding hydrogens is 350 g/mol. The van der Waals surface area contributed by atoms with Crippen LogP contribution in [0.3, 0.4) is 0 Å². The number of aliphatic imine (C=N–C) groups is 1. The fourth-order valence-corrected chi connectivity index (χ4v) is 4.81. The fourth-order valence-electron chi connectivity index (χ4n) is 4.81. The molecule has 27 heavy (non-hydrogen) atoms. The van der Waals surface area contributed by atoms with E-state index in [2.05, 4.69) is 20.8 Å². The van der Waals surface area contributed by atoms with Crippen LogP contribution in [0.15, 0.2) is 4.99 Å². The Labute approximate surface area is 161 Å². The summed E-state index contributed by atoms with van der Waals surface area (Å²) in [5.74, 6) is -1.04. The molecule has 0 aromatic heterocycles. The Hall–Kier alpha value is -1.47. The summed E-state index contributed by atoms with van der Waals surface area (Å²) in [5.41, 5.74) is 1.10. The Balaban J connectivity index is 2.44. The molecule has 0 radical (unpaired) electrons. The third-order valence-electron chi connectivity index (χ3n) is 7.10. The van der Waals surface area contributed by atoms with Crippen LogP contribution in [-0.2, 0) is 28.5 Å². The van der Waals surface area contributed by atoms with Gasteiger partial charge in [0.2, 0.25) is 0 Å². The third-order valence-corrected chi connectivity index (χ3v) is 7.10. The average Bonchev–Trinajstić information content (AvgIpc) is 2.98. The van der Waals surface area contributed by atoms with Gasteiger partial charge < -0.3 is 18.9 Å². The van der Waals surface area contributed by atoms with Gasteiger partial charge in [0.25, 0.3) is 0 Å². The van der Waals surface area contributed by atoms with Crippen LogP contribution in [0.4, 0.5) is 0 Å². The van der Waals surface area contributed by atoms with Gasteiger partial charge in [0.15, 0.2) is 12.3 Å². The number of methoxy groups -OCH3 is 4. The lowest BCUT2D eigenvalue weighted by molar-refractivity contribution is -0.168. The molecule has 0 heterocycles. The first-order chi connectivity index (χ1) is 12.7. The van der Waals surface area contributed by atoms with E-state index < -0.39 is 30.2 Å². The zero-order valence-electron chi connectivity index (χ0n) is 17.5. The summed E-state index contributed by atoms with van der Waals surface area (Å²) in [6.45, 7) is 6.78. The first kappa shape index (κ1) is 21.8. The van der Waals surface area contributed by atoms with E-state index in [4.69, 9.17) is 23.9 Å². The maximum Gasteiger partial charge on any atom is 0.331 e. The summed E-state index contributed by atoms with van der Waals surface area (Å²) in [5, 5.41) is 0. The van der Waals surface area contributed by atoms with Crippen LogP contribution in [0.1, 0.15) is 46.5 Å². The molecule has 2 bridgehead atoms. The van der Waals surface area contributed by atoms with Crippen molar-refractivity contribution in [2.24, 2.45) is 27.7 Å². The Bertz CT molecular complexity index is 597. The number of esters is 2. The van der Waals surface area contributed by atoms with Crippen molar-refractivity contribution in [3.8, 4) is 0 Å². The highest BCUT2D eigenvalue weighted by atomic mass is 16.7. The molecule has 0 aromatic carbocycles. The maximum atomic E-state index is 12.6. The summed E-state index contributed by atoms with van der Waals surface area (Å²) < 4.78 is 20.6. The van der Waals surface area contributed by atoms with Crippen LogP contribution >= 0.6 is 0 Å². The van der Waals surface area contributed by atoms with Gasteiger partial charge in [0, 0.05) is 25.3 Å². The average molecular weight is 383 g/mol. The molecule has 7 nitrogen and oxygen atoms in total. The third kappa shape index (κ3) is 3.76. The minimum atomic E-state index is -0.888. The molecule has 4 atom stereocenters. The van der Waals surface area contributed by atoms with E-state index in [-0.39, 0.29) is 17.3 Å². The van der Waals surface area contributed by atoms with Gasteiger partial charge in [-0.15, -0.1) is 0 Å². The molecular formula is C20H33NO6. The van der Waals surface area contributed by atoms with Crippen molar-refractivity contribution in [3.05, 3.63) is 0 Å². The zero-order valence-corrected chi connectivity index (χ0v) is 17.5. The van der Waals surface area contributed by atoms with Crippen molar-refractivity contribution >= 4 is 17.7 Å². The summed E-state index contributed by atoms with van der Waals surface area (Å²) in [6.07, 6.45) is 2.26. The number of fused-ring (bicyclic) bond motifs is 2. The molecule has 0 unspecified atom stereocenters. The van der Waals surface area contributed by atoms with Crippen molar-refractivity contribution in [2.45, 2.75) is 58.8 Å². The second-order valence-corrected chi connectivity index (χ2v) is 8.32. The number of ether oxygens (including phenoxy) is 4. The van der Waals surface area contributed by atoms with Crippen molar-refractivity contribution in [2.75, 3.05) is 28.4 Å². The second-order valence-electron chi connectivity index (χ2n) is 8.32. The lowest BCUT2D eigenvalue weighted by Crippen LogP contribution is -2.42. The first-order valence-corrected chi connectivity index (χ1v) is 9.43. The molecule has 0 N–H and O–H groups in total. The Kier molecular flexibility index (Phi) is 6.68. The standard InChI is InChI=1S/C20H33NO6/c1-19(2)12-8-9-20(19,3)14(10-12)21-16(17(23)25-5)13(11-15(22)24-4)18(26-6)27-7/h12-13,16,18H,8-11H2,1-7H3/t12-,13-,16-,20+/m1/s1. The van der Waals surface area contributed by atoms with Gasteiger partial charge in [0.1, 0.15) is 0 Å². The molecule has 154 valence electrons. The first-order valence-electron chi connectivity index (χ1n) is 9.43. The van der Waals surface area contributed by atoms with E-state index in [1.54, 1.807) is 0 Å². The molecule has 0 amide bonds. The summed E-state index contributed by atoms with van der Waals surface area (Å²) >= 11 is 0. The molecule has 2 rings (SSSR count). The lowest BCUT2D eigenvalue weighted by atomic mass is 9.70. The second kappa shape index (κ2) is 8.27. The van der Waals surface area contributed by atoms with E-state index in [1.165, 1.54) is 34.9 Å². The monoisotopic (exact) mass is 383 g/mol. The van der Waals surface area contributed by atoms with Gasteiger partial charge in [-0.1, -0.05) is 20.8 Å². The molecule has 2 aliphatic rings. The lowest BCUT2D eigenvalue weighted by Gasteiger charge is -2.36. The van der Waals surface area contributed by atoms with E-state index in [9.17, 15) is 9.59 Å². The molecule has 0 aliphatic heterocycles. The molecule has 2 fully saturated rings. The van der Waals surface area contributed by atoms with Crippen LogP contribution in [0.2, 0.25) is 0 Å². The summed E-state index contributed by atoms with van der Waals surface area (Å²) in [6, 6.07) is -0.888. The Morgan fingerprint density at radius 1 is 1.11 bits per heavy atom. The highest BCUT2D eigenvalue weighted by Crippen LogP contribution is 2.64. The van der Waals surface area contributed by atoms with Crippen LogP contribution in [0.25, 0.3) is 0 Å². The SMILES string of the molecule is COC(=O)C[C@@H](C(OC)OC)[C@@H](N=C1C[C@H]2CC[C@]1(C)C2(C)C)C(=O)OC. The van der Waals surface area contributed by atoms with Crippen molar-refractivity contribution < 1.29 is 28.5 Å². The summed E-state index contributed by atoms with van der Waals surface area (Å²) in [7, 11) is 5.59. The molecule has 2 saturated carbocycles. The van der Waals surface area contributed by atoms with Crippen LogP contribution < -0.4 is 0 Å². The van der Waals surface area contributed by atoms with E-state index >= 15 is 0 Å². The molecule has 2 aliphatic carbocycles. The Morgan fingerprint density at radius 3 is 2.15 bits per heavy atom. The van der Waals surface area contributed by atoms with Gasteiger partial charge in [0.05, 0.1) is 26.6 Å². The van der Waals surface area contributed by atoms with Crippen LogP contribution in [-0.4, -0.2) is 58.4 Å². The topological polar surface area (TPSA) is 83.4 Å². The number of carbonyl (C=O) groups excluding carboxylic acids is 2. The minimum absolute atomic E-state index is 0.0526. The largest absolute Gasteiger partial charge is 0.469 e. The highest BCUT2D eigenvalue weighted by Gasteiger charge is 2.60. The summed E-state index contributed by atoms with van der Waals surface area (Å²) in [4.78, 5) is 29.5.